The van der Waals surface area contributed by atoms with Gasteiger partial charge in [0.05, 0.1) is 0 Å². The second-order valence-electron chi connectivity index (χ2n) is 1.82. The highest BCUT2D eigenvalue weighted by Crippen LogP contribution is 2.25. The Morgan fingerprint density at radius 1 is 1.50 bits per heavy atom. The van der Waals surface area contributed by atoms with Crippen LogP contribution in [-0.4, -0.2) is 11.4 Å². The molecule has 0 aromatic heterocycles. The van der Waals surface area contributed by atoms with Crippen LogP contribution < -0.4 is 0 Å². The predicted octanol–water partition coefficient (Wildman–Crippen LogP) is 2.72. The van der Waals surface area contributed by atoms with Crippen LogP contribution >= 0.6 is 34.4 Å². The van der Waals surface area contributed by atoms with Crippen LogP contribution in [0.2, 0.25) is 0 Å². The summed E-state index contributed by atoms with van der Waals surface area (Å²) in [4.78, 5) is 1.13. The zero-order chi connectivity index (χ0) is 7.56. The van der Waals surface area contributed by atoms with Gasteiger partial charge in [0.15, 0.2) is 0 Å². The largest absolute Gasteiger partial charge is 0.508 e. The van der Waals surface area contributed by atoms with Gasteiger partial charge >= 0.3 is 0 Å². The van der Waals surface area contributed by atoms with Crippen molar-refractivity contribution < 1.29 is 5.11 Å². The van der Waals surface area contributed by atoms with Crippen molar-refractivity contribution in [1.82, 2.24) is 0 Å². The van der Waals surface area contributed by atoms with E-state index >= 15 is 0 Å². The van der Waals surface area contributed by atoms with E-state index in [1.807, 2.05) is 12.3 Å². The number of benzene rings is 1. The Morgan fingerprint density at radius 2 is 2.20 bits per heavy atom. The number of aromatic hydroxyl groups is 1. The molecule has 1 aromatic rings. The minimum atomic E-state index is 0.338. The van der Waals surface area contributed by atoms with Crippen LogP contribution in [0.3, 0.4) is 0 Å². The summed E-state index contributed by atoms with van der Waals surface area (Å²) in [6.07, 6.45) is 2.00. The number of hydrogen-bond acceptors (Lipinski definition) is 2. The maximum absolute atomic E-state index is 9.05. The molecule has 0 aliphatic carbocycles. The molecule has 0 unspecified atom stereocenters. The average molecular weight is 266 g/mol. The third kappa shape index (κ3) is 1.79. The lowest BCUT2D eigenvalue weighted by Gasteiger charge is -1.99. The number of phenols is 1. The minimum absolute atomic E-state index is 0.338. The molecule has 0 aliphatic heterocycles. The van der Waals surface area contributed by atoms with Crippen molar-refractivity contribution >= 4 is 34.4 Å². The van der Waals surface area contributed by atoms with Crippen molar-refractivity contribution in [1.29, 1.82) is 0 Å². The molecule has 0 amide bonds. The highest BCUT2D eigenvalue weighted by molar-refractivity contribution is 14.1. The molecule has 1 N–H and O–H groups in total. The van der Waals surface area contributed by atoms with E-state index in [9.17, 15) is 0 Å². The molecule has 10 heavy (non-hydrogen) atoms. The van der Waals surface area contributed by atoms with Crippen molar-refractivity contribution in [3.05, 3.63) is 21.8 Å². The Bertz CT molecular complexity index is 237. The van der Waals surface area contributed by atoms with Crippen LogP contribution in [0.15, 0.2) is 23.1 Å². The molecule has 1 nitrogen and oxygen atoms in total. The normalized spacial score (nSPS) is 9.80. The van der Waals surface area contributed by atoms with Crippen LogP contribution in [0.1, 0.15) is 0 Å². The lowest BCUT2D eigenvalue weighted by molar-refractivity contribution is 0.473. The molecule has 3 heteroatoms. The van der Waals surface area contributed by atoms with E-state index in [4.69, 9.17) is 5.11 Å². The van der Waals surface area contributed by atoms with E-state index in [0.717, 1.165) is 4.90 Å². The van der Waals surface area contributed by atoms with Gasteiger partial charge in [0, 0.05) is 8.47 Å². The molecule has 0 fully saturated rings. The maximum atomic E-state index is 9.05. The van der Waals surface area contributed by atoms with Gasteiger partial charge in [-0.1, -0.05) is 0 Å². The van der Waals surface area contributed by atoms with Crippen molar-refractivity contribution in [3.63, 3.8) is 0 Å². The van der Waals surface area contributed by atoms with Gasteiger partial charge in [-0.25, -0.2) is 0 Å². The Balaban J connectivity index is 3.09. The van der Waals surface area contributed by atoms with Gasteiger partial charge in [-0.2, -0.15) is 0 Å². The van der Waals surface area contributed by atoms with E-state index in [2.05, 4.69) is 22.6 Å². The molecule has 0 bridgehead atoms. The molecule has 0 aliphatic rings. The predicted molar refractivity (Wildman–Crippen MR) is 52.6 cm³/mol. The maximum Gasteiger partial charge on any atom is 0.116 e. The fraction of sp³-hybridized carbons (Fsp3) is 0.143. The Morgan fingerprint density at radius 3 is 2.70 bits per heavy atom. The molecule has 0 atom stereocenters. The van der Waals surface area contributed by atoms with E-state index in [1.165, 1.54) is 3.57 Å². The van der Waals surface area contributed by atoms with E-state index in [-0.39, 0.29) is 0 Å². The van der Waals surface area contributed by atoms with Crippen molar-refractivity contribution in [2.24, 2.45) is 0 Å². The van der Waals surface area contributed by atoms with Gasteiger partial charge in [0.2, 0.25) is 0 Å². The zero-order valence-corrected chi connectivity index (χ0v) is 8.44. The Hall–Kier alpha value is 0.100. The summed E-state index contributed by atoms with van der Waals surface area (Å²) >= 11 is 3.89. The lowest BCUT2D eigenvalue weighted by atomic mass is 10.3. The highest BCUT2D eigenvalue weighted by Gasteiger charge is 1.97. The first kappa shape index (κ1) is 8.20. The molecule has 0 spiro atoms. The molecule has 1 rings (SSSR count). The van der Waals surface area contributed by atoms with Crippen LogP contribution in [-0.2, 0) is 0 Å². The summed E-state index contributed by atoms with van der Waals surface area (Å²) in [5.74, 6) is 0.338. The number of phenolic OH excluding ortho intramolecular Hbond substituents is 1. The second kappa shape index (κ2) is 3.48. The molecular weight excluding hydrogens is 259 g/mol. The second-order valence-corrected chi connectivity index (χ2v) is 3.83. The minimum Gasteiger partial charge on any atom is -0.508 e. The summed E-state index contributed by atoms with van der Waals surface area (Å²) in [6.45, 7) is 0. The highest BCUT2D eigenvalue weighted by atomic mass is 127. The summed E-state index contributed by atoms with van der Waals surface area (Å²) < 4.78 is 1.18. The first-order valence-corrected chi connectivity index (χ1v) is 5.07. The van der Waals surface area contributed by atoms with Crippen molar-refractivity contribution in [2.75, 3.05) is 6.26 Å². The fourth-order valence-electron chi connectivity index (χ4n) is 0.648. The number of thioether (sulfide) groups is 1. The first-order chi connectivity index (χ1) is 4.74. The summed E-state index contributed by atoms with van der Waals surface area (Å²) in [5, 5.41) is 9.05. The molecule has 0 radical (unpaired) electrons. The Labute approximate surface area is 78.0 Å². The zero-order valence-electron chi connectivity index (χ0n) is 5.47. The smallest absolute Gasteiger partial charge is 0.116 e. The molecule has 0 heterocycles. The van der Waals surface area contributed by atoms with Crippen LogP contribution in [0, 0.1) is 3.57 Å². The van der Waals surface area contributed by atoms with Gasteiger partial charge in [-0.15, -0.1) is 11.8 Å². The first-order valence-electron chi connectivity index (χ1n) is 2.76. The third-order valence-electron chi connectivity index (χ3n) is 1.13. The lowest BCUT2D eigenvalue weighted by Crippen LogP contribution is -1.75. The van der Waals surface area contributed by atoms with Gasteiger partial charge in [0.1, 0.15) is 5.75 Å². The van der Waals surface area contributed by atoms with Gasteiger partial charge < -0.3 is 5.11 Å². The monoisotopic (exact) mass is 266 g/mol. The molecule has 0 saturated heterocycles. The Kier molecular flexibility index (Phi) is 2.85. The number of rotatable bonds is 1. The van der Waals surface area contributed by atoms with E-state index < -0.39 is 0 Å². The summed E-state index contributed by atoms with van der Waals surface area (Å²) in [7, 11) is 0. The van der Waals surface area contributed by atoms with Crippen LogP contribution in [0.5, 0.6) is 5.75 Å². The summed E-state index contributed by atoms with van der Waals surface area (Å²) in [5.41, 5.74) is 0. The van der Waals surface area contributed by atoms with Gasteiger partial charge in [0.25, 0.3) is 0 Å². The quantitative estimate of drug-likeness (QED) is 0.623. The summed E-state index contributed by atoms with van der Waals surface area (Å²) in [6, 6.07) is 5.37. The van der Waals surface area contributed by atoms with Gasteiger partial charge in [-0.3, -0.25) is 0 Å². The topological polar surface area (TPSA) is 20.2 Å². The SMILES string of the molecule is CSc1cc(O)ccc1I. The third-order valence-corrected chi connectivity index (χ3v) is 3.22. The number of halogens is 1. The van der Waals surface area contributed by atoms with Crippen molar-refractivity contribution in [3.8, 4) is 5.75 Å². The fourth-order valence-corrected chi connectivity index (χ4v) is 2.15. The molecule has 1 aromatic carbocycles. The van der Waals surface area contributed by atoms with E-state index in [1.54, 1.807) is 23.9 Å². The average Bonchev–Trinajstić information content (AvgIpc) is 1.94. The van der Waals surface area contributed by atoms with Crippen LogP contribution in [0.25, 0.3) is 0 Å². The molecular formula is C7H7IOS. The van der Waals surface area contributed by atoms with Gasteiger partial charge in [-0.05, 0) is 47.0 Å². The van der Waals surface area contributed by atoms with Crippen molar-refractivity contribution in [2.45, 2.75) is 4.90 Å². The molecule has 54 valence electrons. The van der Waals surface area contributed by atoms with E-state index in [0.29, 0.717) is 5.75 Å². The standard InChI is InChI=1S/C7H7IOS/c1-10-7-4-5(9)2-3-6(7)8/h2-4,9H,1H3. The number of hydrogen-bond donors (Lipinski definition) is 1. The molecule has 0 saturated carbocycles. The van der Waals surface area contributed by atoms with Crippen LogP contribution in [0.4, 0.5) is 0 Å².